The molecule has 0 spiro atoms. The highest BCUT2D eigenvalue weighted by atomic mass is 16.5. The van der Waals surface area contributed by atoms with Gasteiger partial charge in [-0.2, -0.15) is 0 Å². The third-order valence-corrected chi connectivity index (χ3v) is 1.95. The van der Waals surface area contributed by atoms with E-state index >= 15 is 0 Å². The maximum atomic E-state index is 11.2. The van der Waals surface area contributed by atoms with Crippen molar-refractivity contribution < 1.29 is 9.53 Å². The molecule has 0 aliphatic rings. The molecule has 15 heavy (non-hydrogen) atoms. The van der Waals surface area contributed by atoms with Crippen LogP contribution in [0.4, 0.5) is 0 Å². The van der Waals surface area contributed by atoms with E-state index in [1.165, 1.54) is 0 Å². The molecule has 4 heteroatoms. The second-order valence-corrected chi connectivity index (χ2v) is 3.75. The molecule has 0 radical (unpaired) electrons. The van der Waals surface area contributed by atoms with Gasteiger partial charge in [0.2, 0.25) is 0 Å². The van der Waals surface area contributed by atoms with Crippen molar-refractivity contribution in [1.82, 2.24) is 9.55 Å². The van der Waals surface area contributed by atoms with Gasteiger partial charge in [-0.3, -0.25) is 0 Å². The number of aromatic nitrogens is 2. The summed E-state index contributed by atoms with van der Waals surface area (Å²) in [6.45, 7) is 9.41. The lowest BCUT2D eigenvalue weighted by Crippen LogP contribution is -2.12. The van der Waals surface area contributed by atoms with Crippen LogP contribution in [0, 0.1) is 0 Å². The van der Waals surface area contributed by atoms with Gasteiger partial charge in [0.05, 0.1) is 0 Å². The maximum absolute atomic E-state index is 11.2. The number of carbonyl (C=O) groups excluding carboxylic acids is 1. The summed E-state index contributed by atoms with van der Waals surface area (Å²) < 4.78 is 6.83. The fourth-order valence-electron chi connectivity index (χ4n) is 1.18. The van der Waals surface area contributed by atoms with Crippen molar-refractivity contribution in [3.8, 4) is 0 Å². The Balaban J connectivity index is 2.61. The summed E-state index contributed by atoms with van der Waals surface area (Å²) >= 11 is 0. The van der Waals surface area contributed by atoms with Crippen molar-refractivity contribution in [2.75, 3.05) is 0 Å². The number of hydrogen-bond acceptors (Lipinski definition) is 3. The number of carbonyl (C=O) groups is 1. The van der Waals surface area contributed by atoms with Gasteiger partial charge in [0.15, 0.2) is 6.73 Å². The molecule has 1 aromatic rings. The van der Waals surface area contributed by atoms with Crippen molar-refractivity contribution in [2.24, 2.45) is 0 Å². The van der Waals surface area contributed by atoms with Crippen LogP contribution in [0.3, 0.4) is 0 Å². The SMILES string of the molecule is C=C(C)C(=O)OCn1ccnc1C(C)C. The minimum atomic E-state index is -0.376. The van der Waals surface area contributed by atoms with Crippen molar-refractivity contribution in [3.05, 3.63) is 30.4 Å². The van der Waals surface area contributed by atoms with Gasteiger partial charge in [-0.15, -0.1) is 0 Å². The molecular formula is C11H16N2O2. The van der Waals surface area contributed by atoms with Gasteiger partial charge in [-0.05, 0) is 6.92 Å². The van der Waals surface area contributed by atoms with Crippen LogP contribution in [-0.2, 0) is 16.3 Å². The van der Waals surface area contributed by atoms with E-state index < -0.39 is 0 Å². The Hall–Kier alpha value is -1.58. The fraction of sp³-hybridized carbons (Fsp3) is 0.455. The van der Waals surface area contributed by atoms with E-state index in [0.717, 1.165) is 5.82 Å². The second-order valence-electron chi connectivity index (χ2n) is 3.75. The van der Waals surface area contributed by atoms with Crippen LogP contribution >= 0.6 is 0 Å². The largest absolute Gasteiger partial charge is 0.441 e. The van der Waals surface area contributed by atoms with Crippen LogP contribution in [0.2, 0.25) is 0 Å². The van der Waals surface area contributed by atoms with E-state index in [1.807, 2.05) is 18.4 Å². The first-order chi connectivity index (χ1) is 7.02. The molecule has 0 saturated heterocycles. The molecule has 0 unspecified atom stereocenters. The molecule has 0 N–H and O–H groups in total. The fourth-order valence-corrected chi connectivity index (χ4v) is 1.18. The Labute approximate surface area is 89.6 Å². The van der Waals surface area contributed by atoms with Crippen molar-refractivity contribution >= 4 is 5.97 Å². The summed E-state index contributed by atoms with van der Waals surface area (Å²) in [6.07, 6.45) is 3.49. The summed E-state index contributed by atoms with van der Waals surface area (Å²) in [7, 11) is 0. The molecule has 0 bridgehead atoms. The Morgan fingerprint density at radius 1 is 1.67 bits per heavy atom. The molecule has 0 amide bonds. The van der Waals surface area contributed by atoms with Gasteiger partial charge in [0.25, 0.3) is 0 Å². The van der Waals surface area contributed by atoms with E-state index in [9.17, 15) is 4.79 Å². The molecule has 82 valence electrons. The number of rotatable bonds is 4. The highest BCUT2D eigenvalue weighted by Crippen LogP contribution is 2.11. The third kappa shape index (κ3) is 2.94. The van der Waals surface area contributed by atoms with E-state index in [0.29, 0.717) is 11.5 Å². The lowest BCUT2D eigenvalue weighted by molar-refractivity contribution is -0.142. The summed E-state index contributed by atoms with van der Waals surface area (Å²) in [5.41, 5.74) is 0.404. The first-order valence-corrected chi connectivity index (χ1v) is 4.86. The minimum Gasteiger partial charge on any atom is -0.441 e. The standard InChI is InChI=1S/C11H16N2O2/c1-8(2)10-12-5-6-13(10)7-15-11(14)9(3)4/h5-6,8H,3,7H2,1-2,4H3. The van der Waals surface area contributed by atoms with Crippen LogP contribution in [0.1, 0.15) is 32.5 Å². The maximum Gasteiger partial charge on any atom is 0.334 e. The number of nitrogens with zero attached hydrogens (tertiary/aromatic N) is 2. The van der Waals surface area contributed by atoms with E-state index in [-0.39, 0.29) is 12.7 Å². The summed E-state index contributed by atoms with van der Waals surface area (Å²) in [5.74, 6) is 0.839. The molecule has 0 aromatic carbocycles. The molecule has 4 nitrogen and oxygen atoms in total. The molecular weight excluding hydrogens is 192 g/mol. The number of hydrogen-bond donors (Lipinski definition) is 0. The lowest BCUT2D eigenvalue weighted by atomic mass is 10.2. The highest BCUT2D eigenvalue weighted by molar-refractivity contribution is 5.86. The highest BCUT2D eigenvalue weighted by Gasteiger charge is 2.09. The Bertz CT molecular complexity index is 366. The van der Waals surface area contributed by atoms with Gasteiger partial charge in [-0.1, -0.05) is 20.4 Å². The number of esters is 1. The molecule has 1 heterocycles. The predicted molar refractivity (Wildman–Crippen MR) is 57.2 cm³/mol. The van der Waals surface area contributed by atoms with Crippen molar-refractivity contribution in [3.63, 3.8) is 0 Å². The zero-order valence-electron chi connectivity index (χ0n) is 9.36. The predicted octanol–water partition coefficient (Wildman–Crippen LogP) is 2.08. The number of ether oxygens (including phenoxy) is 1. The summed E-state index contributed by atoms with van der Waals surface area (Å²) in [4.78, 5) is 15.4. The van der Waals surface area contributed by atoms with E-state index in [4.69, 9.17) is 4.74 Å². The van der Waals surface area contributed by atoms with Gasteiger partial charge in [0, 0.05) is 23.9 Å². The first kappa shape index (κ1) is 11.5. The average molecular weight is 208 g/mol. The van der Waals surface area contributed by atoms with Gasteiger partial charge >= 0.3 is 5.97 Å². The third-order valence-electron chi connectivity index (χ3n) is 1.95. The van der Waals surface area contributed by atoms with E-state index in [2.05, 4.69) is 11.6 Å². The Kier molecular flexibility index (Phi) is 3.66. The van der Waals surface area contributed by atoms with Crippen LogP contribution in [0.5, 0.6) is 0 Å². The average Bonchev–Trinajstić information content (AvgIpc) is 2.61. The quantitative estimate of drug-likeness (QED) is 0.562. The lowest BCUT2D eigenvalue weighted by Gasteiger charge is -2.10. The molecule has 0 aliphatic carbocycles. The second kappa shape index (κ2) is 4.77. The molecule has 0 fully saturated rings. The van der Waals surface area contributed by atoms with Crippen LogP contribution in [0.15, 0.2) is 24.5 Å². The molecule has 0 atom stereocenters. The zero-order chi connectivity index (χ0) is 11.4. The number of imidazole rings is 1. The Morgan fingerprint density at radius 3 is 2.87 bits per heavy atom. The monoisotopic (exact) mass is 208 g/mol. The normalized spacial score (nSPS) is 10.4. The van der Waals surface area contributed by atoms with Crippen molar-refractivity contribution in [2.45, 2.75) is 33.4 Å². The van der Waals surface area contributed by atoms with Crippen LogP contribution < -0.4 is 0 Å². The molecule has 1 aromatic heterocycles. The van der Waals surface area contributed by atoms with Gasteiger partial charge in [-0.25, -0.2) is 9.78 Å². The topological polar surface area (TPSA) is 44.1 Å². The summed E-state index contributed by atoms with van der Waals surface area (Å²) in [5, 5.41) is 0. The van der Waals surface area contributed by atoms with Crippen molar-refractivity contribution in [1.29, 1.82) is 0 Å². The van der Waals surface area contributed by atoms with Crippen LogP contribution in [-0.4, -0.2) is 15.5 Å². The van der Waals surface area contributed by atoms with Gasteiger partial charge in [0.1, 0.15) is 5.82 Å². The smallest absolute Gasteiger partial charge is 0.334 e. The summed E-state index contributed by atoms with van der Waals surface area (Å²) in [6, 6.07) is 0. The minimum absolute atomic E-state index is 0.194. The van der Waals surface area contributed by atoms with Gasteiger partial charge < -0.3 is 9.30 Å². The van der Waals surface area contributed by atoms with E-state index in [1.54, 1.807) is 19.3 Å². The molecule has 0 saturated carbocycles. The molecule has 1 rings (SSSR count). The Morgan fingerprint density at radius 2 is 2.33 bits per heavy atom. The zero-order valence-corrected chi connectivity index (χ0v) is 9.36. The molecule has 0 aliphatic heterocycles. The first-order valence-electron chi connectivity index (χ1n) is 4.86. The van der Waals surface area contributed by atoms with Crippen LogP contribution in [0.25, 0.3) is 0 Å².